The van der Waals surface area contributed by atoms with Gasteiger partial charge in [-0.05, 0) is 28.2 Å². The molecule has 30 heavy (non-hydrogen) atoms. The van der Waals surface area contributed by atoms with Gasteiger partial charge in [0.1, 0.15) is 13.2 Å². The predicted octanol–water partition coefficient (Wildman–Crippen LogP) is 3.14. The molecule has 0 aliphatic heterocycles. The first-order valence-corrected chi connectivity index (χ1v) is 9.96. The van der Waals surface area contributed by atoms with Gasteiger partial charge in [0.2, 0.25) is 5.91 Å². The van der Waals surface area contributed by atoms with Gasteiger partial charge in [0.15, 0.2) is 0 Å². The summed E-state index contributed by atoms with van der Waals surface area (Å²) in [5.41, 5.74) is 4.50. The number of alkyl carbamates (subject to hydrolysis) is 1. The van der Waals surface area contributed by atoms with E-state index in [1.807, 2.05) is 50.2 Å². The number of fused-ring (bicyclic) bond motifs is 3. The Morgan fingerprint density at radius 3 is 2.10 bits per heavy atom. The average Bonchev–Trinajstić information content (AvgIpc) is 3.04. The summed E-state index contributed by atoms with van der Waals surface area (Å²) in [7, 11) is 0. The lowest BCUT2D eigenvalue weighted by atomic mass is 9.98. The first-order valence-electron chi connectivity index (χ1n) is 9.96. The van der Waals surface area contributed by atoms with Crippen molar-refractivity contribution < 1.29 is 24.2 Å². The number of nitrogens with one attached hydrogen (secondary N) is 2. The van der Waals surface area contributed by atoms with Crippen LogP contribution in [-0.4, -0.2) is 42.3 Å². The molecule has 0 radical (unpaired) electrons. The van der Waals surface area contributed by atoms with E-state index in [1.165, 1.54) is 0 Å². The fourth-order valence-electron chi connectivity index (χ4n) is 3.70. The Kier molecular flexibility index (Phi) is 6.72. The first-order chi connectivity index (χ1) is 14.4. The summed E-state index contributed by atoms with van der Waals surface area (Å²) in [6.45, 7) is 3.54. The summed E-state index contributed by atoms with van der Waals surface area (Å²) in [4.78, 5) is 35.1. The van der Waals surface area contributed by atoms with Gasteiger partial charge < -0.3 is 20.5 Å². The van der Waals surface area contributed by atoms with Crippen molar-refractivity contribution >= 4 is 18.0 Å². The highest BCUT2D eigenvalue weighted by Gasteiger charge is 2.29. The van der Waals surface area contributed by atoms with E-state index in [-0.39, 0.29) is 31.4 Å². The van der Waals surface area contributed by atoms with Crippen LogP contribution in [0, 0.1) is 5.92 Å². The molecule has 158 valence electrons. The van der Waals surface area contributed by atoms with E-state index < -0.39 is 24.0 Å². The minimum Gasteiger partial charge on any atom is -0.481 e. The molecule has 2 aromatic rings. The number of carboxylic acid groups (broad SMARTS) is 1. The van der Waals surface area contributed by atoms with Crippen molar-refractivity contribution in [3.05, 3.63) is 59.7 Å². The molecule has 0 saturated heterocycles. The molecule has 2 amide bonds. The van der Waals surface area contributed by atoms with Crippen LogP contribution >= 0.6 is 0 Å². The lowest BCUT2D eigenvalue weighted by molar-refractivity contribution is -0.138. The Morgan fingerprint density at radius 1 is 1.00 bits per heavy atom. The third-order valence-electron chi connectivity index (χ3n) is 5.28. The van der Waals surface area contributed by atoms with Gasteiger partial charge in [0.05, 0.1) is 6.42 Å². The summed E-state index contributed by atoms with van der Waals surface area (Å²) in [6.07, 6.45) is -0.861. The summed E-state index contributed by atoms with van der Waals surface area (Å²) in [6, 6.07) is 15.6. The second-order valence-electron chi connectivity index (χ2n) is 7.69. The maximum absolute atomic E-state index is 12.1. The summed E-state index contributed by atoms with van der Waals surface area (Å²) >= 11 is 0. The lowest BCUT2D eigenvalue weighted by Gasteiger charge is -2.20. The number of carbonyl (C=O) groups excluding carboxylic acids is 2. The number of aliphatic carboxylic acids is 1. The highest BCUT2D eigenvalue weighted by molar-refractivity contribution is 5.83. The van der Waals surface area contributed by atoms with Crippen LogP contribution in [-0.2, 0) is 14.3 Å². The molecule has 3 rings (SSSR count). The lowest BCUT2D eigenvalue weighted by Crippen LogP contribution is -2.45. The van der Waals surface area contributed by atoms with Crippen molar-refractivity contribution in [2.24, 2.45) is 5.92 Å². The van der Waals surface area contributed by atoms with Crippen LogP contribution in [0.5, 0.6) is 0 Å². The van der Waals surface area contributed by atoms with E-state index in [4.69, 9.17) is 9.84 Å². The van der Waals surface area contributed by atoms with Crippen molar-refractivity contribution in [2.75, 3.05) is 13.2 Å². The highest BCUT2D eigenvalue weighted by atomic mass is 16.5. The third kappa shape index (κ3) is 4.97. The number of carbonyl (C=O) groups is 3. The standard InChI is InChI=1S/C23H26N2O5/c1-14(2)20(11-22(27)28)25-21(26)12-24-23(29)30-13-19-17-9-5-3-7-15(17)16-8-4-6-10-18(16)19/h3-10,14,19-20H,11-13H2,1-2H3,(H,24,29)(H,25,26)(H,27,28)/t20-/m0/s1. The number of hydrogen-bond acceptors (Lipinski definition) is 4. The van der Waals surface area contributed by atoms with Crippen LogP contribution in [0.3, 0.4) is 0 Å². The Morgan fingerprint density at radius 2 is 1.57 bits per heavy atom. The zero-order valence-corrected chi connectivity index (χ0v) is 17.1. The van der Waals surface area contributed by atoms with Gasteiger partial charge in [-0.2, -0.15) is 0 Å². The second-order valence-corrected chi connectivity index (χ2v) is 7.69. The molecule has 0 unspecified atom stereocenters. The van der Waals surface area contributed by atoms with Crippen molar-refractivity contribution in [1.82, 2.24) is 10.6 Å². The molecule has 2 aromatic carbocycles. The SMILES string of the molecule is CC(C)[C@H](CC(=O)O)NC(=O)CNC(=O)OCC1c2ccccc2-c2ccccc21. The van der Waals surface area contributed by atoms with Gasteiger partial charge in [0, 0.05) is 12.0 Å². The molecule has 0 bridgehead atoms. The minimum absolute atomic E-state index is 0.0421. The molecule has 3 N–H and O–H groups in total. The Labute approximate surface area is 175 Å². The van der Waals surface area contributed by atoms with E-state index in [9.17, 15) is 14.4 Å². The van der Waals surface area contributed by atoms with Gasteiger partial charge in [-0.15, -0.1) is 0 Å². The van der Waals surface area contributed by atoms with Crippen LogP contribution in [0.1, 0.15) is 37.3 Å². The number of benzene rings is 2. The second kappa shape index (κ2) is 9.43. The summed E-state index contributed by atoms with van der Waals surface area (Å²) in [5, 5.41) is 14.0. The normalized spacial score (nSPS) is 13.3. The maximum Gasteiger partial charge on any atom is 0.407 e. The molecule has 7 nitrogen and oxygen atoms in total. The number of hydrogen-bond donors (Lipinski definition) is 3. The Bertz CT molecular complexity index is 895. The predicted molar refractivity (Wildman–Crippen MR) is 112 cm³/mol. The largest absolute Gasteiger partial charge is 0.481 e. The molecule has 0 aromatic heterocycles. The van der Waals surface area contributed by atoms with E-state index in [2.05, 4.69) is 22.8 Å². The van der Waals surface area contributed by atoms with Crippen LogP contribution in [0.4, 0.5) is 4.79 Å². The fourth-order valence-corrected chi connectivity index (χ4v) is 3.70. The van der Waals surface area contributed by atoms with E-state index in [1.54, 1.807) is 0 Å². The van der Waals surface area contributed by atoms with Crippen LogP contribution in [0.15, 0.2) is 48.5 Å². The zero-order chi connectivity index (χ0) is 21.7. The molecule has 7 heteroatoms. The number of rotatable bonds is 8. The minimum atomic E-state index is -0.988. The van der Waals surface area contributed by atoms with Crippen LogP contribution < -0.4 is 10.6 Å². The Hall–Kier alpha value is -3.35. The monoisotopic (exact) mass is 410 g/mol. The molecule has 1 aliphatic carbocycles. The number of ether oxygens (including phenoxy) is 1. The number of carboxylic acids is 1. The van der Waals surface area contributed by atoms with Gasteiger partial charge in [-0.1, -0.05) is 62.4 Å². The third-order valence-corrected chi connectivity index (χ3v) is 5.28. The van der Waals surface area contributed by atoms with Crippen molar-refractivity contribution in [1.29, 1.82) is 0 Å². The molecular weight excluding hydrogens is 384 g/mol. The topological polar surface area (TPSA) is 105 Å². The summed E-state index contributed by atoms with van der Waals surface area (Å²) in [5.74, 6) is -1.54. The van der Waals surface area contributed by atoms with Crippen LogP contribution in [0.2, 0.25) is 0 Å². The molecule has 1 aliphatic rings. The molecule has 0 fully saturated rings. The van der Waals surface area contributed by atoms with E-state index in [0.717, 1.165) is 22.3 Å². The molecule has 0 heterocycles. The van der Waals surface area contributed by atoms with Crippen LogP contribution in [0.25, 0.3) is 11.1 Å². The van der Waals surface area contributed by atoms with Crippen molar-refractivity contribution in [3.8, 4) is 11.1 Å². The Balaban J connectivity index is 1.53. The van der Waals surface area contributed by atoms with Crippen molar-refractivity contribution in [3.63, 3.8) is 0 Å². The average molecular weight is 410 g/mol. The summed E-state index contributed by atoms with van der Waals surface area (Å²) < 4.78 is 5.38. The molecule has 0 saturated carbocycles. The highest BCUT2D eigenvalue weighted by Crippen LogP contribution is 2.44. The van der Waals surface area contributed by atoms with E-state index in [0.29, 0.717) is 0 Å². The van der Waals surface area contributed by atoms with Gasteiger partial charge in [-0.3, -0.25) is 9.59 Å². The molecule has 1 atom stereocenters. The number of amides is 2. The quantitative estimate of drug-likeness (QED) is 0.620. The first kappa shape index (κ1) is 21.4. The fraction of sp³-hybridized carbons (Fsp3) is 0.348. The van der Waals surface area contributed by atoms with Gasteiger partial charge in [0.25, 0.3) is 0 Å². The van der Waals surface area contributed by atoms with Gasteiger partial charge in [-0.25, -0.2) is 4.79 Å². The van der Waals surface area contributed by atoms with Gasteiger partial charge >= 0.3 is 12.1 Å². The van der Waals surface area contributed by atoms with Crippen molar-refractivity contribution in [2.45, 2.75) is 32.2 Å². The maximum atomic E-state index is 12.1. The molecular formula is C23H26N2O5. The van der Waals surface area contributed by atoms with E-state index >= 15 is 0 Å². The zero-order valence-electron chi connectivity index (χ0n) is 17.1. The smallest absolute Gasteiger partial charge is 0.407 e. The molecule has 0 spiro atoms.